The Morgan fingerprint density at radius 2 is 1.81 bits per heavy atom. The van der Waals surface area contributed by atoms with Gasteiger partial charge in [0.05, 0.1) is 17.7 Å². The van der Waals surface area contributed by atoms with Crippen molar-refractivity contribution in [2.45, 2.75) is 25.2 Å². The summed E-state index contributed by atoms with van der Waals surface area (Å²) in [4.78, 5) is 53.8. The summed E-state index contributed by atoms with van der Waals surface area (Å²) >= 11 is 0. The second kappa shape index (κ2) is 8.74. The summed E-state index contributed by atoms with van der Waals surface area (Å²) < 4.78 is 6.87. The van der Waals surface area contributed by atoms with E-state index in [9.17, 15) is 19.2 Å². The van der Waals surface area contributed by atoms with Gasteiger partial charge in [-0.2, -0.15) is 0 Å². The zero-order valence-electron chi connectivity index (χ0n) is 20.0. The molecule has 3 aromatic rings. The van der Waals surface area contributed by atoms with Gasteiger partial charge in [0.25, 0.3) is 5.56 Å². The van der Waals surface area contributed by atoms with Gasteiger partial charge in [0.15, 0.2) is 5.78 Å². The quantitative estimate of drug-likeness (QED) is 0.423. The van der Waals surface area contributed by atoms with Crippen molar-refractivity contribution >= 4 is 23.3 Å². The number of nitrogens with one attached hydrogen (secondary N) is 2. The third kappa shape index (κ3) is 3.78. The first-order valence-electron chi connectivity index (χ1n) is 12.1. The van der Waals surface area contributed by atoms with Crippen molar-refractivity contribution in [3.05, 3.63) is 121 Å². The Kier molecular flexibility index (Phi) is 5.37. The fourth-order valence-corrected chi connectivity index (χ4v) is 5.25. The summed E-state index contributed by atoms with van der Waals surface area (Å²) in [6.45, 7) is 0. The lowest BCUT2D eigenvalue weighted by Gasteiger charge is -2.29. The van der Waals surface area contributed by atoms with E-state index >= 15 is 0 Å². The molecule has 2 N–H and O–H groups in total. The van der Waals surface area contributed by atoms with Gasteiger partial charge in [-0.3, -0.25) is 23.9 Å². The lowest BCUT2D eigenvalue weighted by molar-refractivity contribution is -0.133. The number of ketones is 1. The number of rotatable bonds is 4. The van der Waals surface area contributed by atoms with Gasteiger partial charge in [-0.1, -0.05) is 60.2 Å². The molecule has 3 aliphatic rings. The third-order valence-electron chi connectivity index (χ3n) is 7.05. The minimum Gasteiger partial charge on any atom is -0.426 e. The molecule has 0 unspecified atom stereocenters. The summed E-state index contributed by atoms with van der Waals surface area (Å²) in [7, 11) is 1.56. The second-order valence-corrected chi connectivity index (χ2v) is 9.31. The first-order valence-corrected chi connectivity index (χ1v) is 12.1. The van der Waals surface area contributed by atoms with Crippen LogP contribution in [-0.2, 0) is 11.8 Å². The number of aromatic nitrogens is 2. The largest absolute Gasteiger partial charge is 0.426 e. The Labute approximate surface area is 211 Å². The summed E-state index contributed by atoms with van der Waals surface area (Å²) in [5, 5.41) is 3.19. The van der Waals surface area contributed by atoms with E-state index < -0.39 is 17.2 Å². The number of hydrogen-bond donors (Lipinski definition) is 2. The molecule has 37 heavy (non-hydrogen) atoms. The highest BCUT2D eigenvalue weighted by molar-refractivity contribution is 6.23. The van der Waals surface area contributed by atoms with Crippen LogP contribution in [0.25, 0.3) is 5.70 Å². The van der Waals surface area contributed by atoms with Crippen LogP contribution in [0, 0.1) is 0 Å². The molecular weight excluding hydrogens is 470 g/mol. The minimum atomic E-state index is -0.717. The maximum absolute atomic E-state index is 13.5. The molecule has 2 aromatic carbocycles. The van der Waals surface area contributed by atoms with Crippen LogP contribution in [0.5, 0.6) is 5.75 Å². The van der Waals surface area contributed by atoms with E-state index in [0.29, 0.717) is 34.0 Å². The fourth-order valence-electron chi connectivity index (χ4n) is 5.25. The summed E-state index contributed by atoms with van der Waals surface area (Å²) in [6.07, 6.45) is 7.92. The third-order valence-corrected chi connectivity index (χ3v) is 7.05. The first kappa shape index (κ1) is 22.7. The smallest absolute Gasteiger partial charge is 0.329 e. The number of hydrogen-bond acceptors (Lipinski definition) is 6. The Hall–Kier alpha value is -4.72. The number of anilines is 1. The van der Waals surface area contributed by atoms with E-state index in [1.165, 1.54) is 4.57 Å². The van der Waals surface area contributed by atoms with Gasteiger partial charge >= 0.3 is 11.7 Å². The van der Waals surface area contributed by atoms with Gasteiger partial charge in [0.1, 0.15) is 11.6 Å². The molecule has 0 bridgehead atoms. The van der Waals surface area contributed by atoms with Crippen molar-refractivity contribution in [1.82, 2.24) is 9.55 Å². The maximum atomic E-state index is 13.5. The molecule has 0 saturated carbocycles. The monoisotopic (exact) mass is 493 g/mol. The van der Waals surface area contributed by atoms with Gasteiger partial charge in [-0.25, -0.2) is 4.79 Å². The molecule has 1 aromatic heterocycles. The van der Waals surface area contributed by atoms with E-state index in [4.69, 9.17) is 4.74 Å². The maximum Gasteiger partial charge on any atom is 0.329 e. The number of carbonyl (C=O) groups excluding carboxylic acids is 2. The normalized spacial score (nSPS) is 17.5. The first-order chi connectivity index (χ1) is 17.9. The average Bonchev–Trinajstić information content (AvgIpc) is 3.19. The molecule has 1 aliphatic heterocycles. The van der Waals surface area contributed by atoms with Gasteiger partial charge < -0.3 is 10.1 Å². The van der Waals surface area contributed by atoms with E-state index in [1.54, 1.807) is 43.4 Å². The van der Waals surface area contributed by atoms with Crippen molar-refractivity contribution in [3.63, 3.8) is 0 Å². The molecule has 0 spiro atoms. The predicted octanol–water partition coefficient (Wildman–Crippen LogP) is 3.81. The van der Waals surface area contributed by atoms with Crippen LogP contribution in [-0.4, -0.2) is 21.3 Å². The number of allylic oxidation sites excluding steroid dienone is 4. The number of H-pyrrole nitrogens is 1. The molecule has 8 nitrogen and oxygen atoms in total. The second-order valence-electron chi connectivity index (χ2n) is 9.31. The molecule has 0 radical (unpaired) electrons. The van der Waals surface area contributed by atoms with Gasteiger partial charge in [0, 0.05) is 29.7 Å². The fraction of sp³-hybridized carbons (Fsp3) is 0.172. The number of benzene rings is 2. The van der Waals surface area contributed by atoms with E-state index in [0.717, 1.165) is 24.0 Å². The lowest BCUT2D eigenvalue weighted by Crippen LogP contribution is -2.37. The Bertz CT molecular complexity index is 1690. The lowest BCUT2D eigenvalue weighted by atomic mass is 9.81. The zero-order chi connectivity index (χ0) is 25.7. The number of ether oxygens (including phenoxy) is 1. The molecule has 2 aliphatic carbocycles. The van der Waals surface area contributed by atoms with Crippen LogP contribution in [0.4, 0.5) is 5.82 Å². The van der Waals surface area contributed by atoms with Gasteiger partial charge in [0.2, 0.25) is 0 Å². The average molecular weight is 494 g/mol. The number of fused-ring (bicyclic) bond motifs is 3. The summed E-state index contributed by atoms with van der Waals surface area (Å²) in [5.74, 6) is -0.524. The number of aromatic amines is 1. The molecule has 0 amide bonds. The van der Waals surface area contributed by atoms with Crippen LogP contribution in [0.3, 0.4) is 0 Å². The Morgan fingerprint density at radius 3 is 2.54 bits per heavy atom. The number of carbonyl (C=O) groups is 2. The highest BCUT2D eigenvalue weighted by atomic mass is 16.5. The SMILES string of the molecule is Cn1c2c(c(=O)[nH]c1=O)[C@@H](c1ccc(OC(=O)CC3=CC=CCC3)cc1)C1=C(N2)c2ccccc2C1=O. The van der Waals surface area contributed by atoms with Gasteiger partial charge in [-0.05, 0) is 30.5 Å². The highest BCUT2D eigenvalue weighted by Gasteiger charge is 2.42. The molecule has 6 rings (SSSR count). The Morgan fingerprint density at radius 1 is 1.05 bits per heavy atom. The minimum absolute atomic E-state index is 0.174. The van der Waals surface area contributed by atoms with Gasteiger partial charge in [-0.15, -0.1) is 0 Å². The molecule has 0 fully saturated rings. The zero-order valence-corrected chi connectivity index (χ0v) is 20.0. The van der Waals surface area contributed by atoms with Crippen molar-refractivity contribution in [1.29, 1.82) is 0 Å². The molecule has 1 atom stereocenters. The van der Waals surface area contributed by atoms with Crippen LogP contribution < -0.4 is 21.3 Å². The molecule has 184 valence electrons. The summed E-state index contributed by atoms with van der Waals surface area (Å²) in [6, 6.07) is 14.0. The van der Waals surface area contributed by atoms with Crippen LogP contribution in [0.1, 0.15) is 52.2 Å². The van der Waals surface area contributed by atoms with Crippen molar-refractivity contribution < 1.29 is 14.3 Å². The molecule has 2 heterocycles. The topological polar surface area (TPSA) is 110 Å². The molecular formula is C29H23N3O5. The highest BCUT2D eigenvalue weighted by Crippen LogP contribution is 2.47. The van der Waals surface area contributed by atoms with Crippen LogP contribution >= 0.6 is 0 Å². The molecule has 8 heteroatoms. The Balaban J connectivity index is 1.39. The summed E-state index contributed by atoms with van der Waals surface area (Å²) in [5.41, 5.74) is 3.16. The number of esters is 1. The van der Waals surface area contributed by atoms with E-state index in [2.05, 4.69) is 16.4 Å². The van der Waals surface area contributed by atoms with Crippen molar-refractivity contribution in [2.75, 3.05) is 5.32 Å². The number of nitrogens with zero attached hydrogens (tertiary/aromatic N) is 1. The van der Waals surface area contributed by atoms with E-state index in [-0.39, 0.29) is 23.7 Å². The predicted molar refractivity (Wildman–Crippen MR) is 139 cm³/mol. The standard InChI is InChI=1S/C29H23N3O5/c1-32-27-24(28(35)31-29(32)36)22(23-25(30-27)19-9-5-6-10-20(19)26(23)34)17-11-13-18(14-12-17)37-21(33)15-16-7-3-2-4-8-16/h2-3,5-7,9-14,22,30H,4,8,15H2,1H3,(H,31,35,36)/t22-/m0/s1. The van der Waals surface area contributed by atoms with Crippen molar-refractivity contribution in [2.24, 2.45) is 7.05 Å². The van der Waals surface area contributed by atoms with Crippen LogP contribution in [0.2, 0.25) is 0 Å². The molecule has 0 saturated heterocycles. The van der Waals surface area contributed by atoms with Crippen molar-refractivity contribution in [3.8, 4) is 5.75 Å². The number of Topliss-reactive ketones (excluding diaryl/α,β-unsaturated/α-hetero) is 1. The van der Waals surface area contributed by atoms with E-state index in [1.807, 2.05) is 24.3 Å². The van der Waals surface area contributed by atoms with Crippen LogP contribution in [0.15, 0.2) is 87.5 Å².